The molecular formula is C13H22N2O. The summed E-state index contributed by atoms with van der Waals surface area (Å²) in [7, 11) is 0. The lowest BCUT2D eigenvalue weighted by Gasteiger charge is -2.22. The topological polar surface area (TPSA) is 41.1 Å². The first kappa shape index (κ1) is 13.1. The molecule has 1 aliphatic rings. The van der Waals surface area contributed by atoms with Crippen LogP contribution in [0, 0.1) is 18.3 Å². The van der Waals surface area contributed by atoms with E-state index in [4.69, 9.17) is 6.42 Å². The summed E-state index contributed by atoms with van der Waals surface area (Å²) in [4.78, 5) is 11.6. The summed E-state index contributed by atoms with van der Waals surface area (Å²) >= 11 is 0. The molecule has 3 nitrogen and oxygen atoms in total. The molecule has 1 fully saturated rings. The molecule has 3 heteroatoms. The molecule has 1 rings (SSSR count). The first-order valence-corrected chi connectivity index (χ1v) is 6.17. The molecule has 1 aliphatic carbocycles. The third kappa shape index (κ3) is 4.67. The van der Waals surface area contributed by atoms with Crippen LogP contribution in [0.1, 0.15) is 39.0 Å². The zero-order valence-electron chi connectivity index (χ0n) is 10.1. The number of terminal acetylenes is 1. The number of carbonyl (C=O) groups excluding carboxylic acids is 1. The van der Waals surface area contributed by atoms with E-state index in [0.29, 0.717) is 25.0 Å². The largest absolute Gasteiger partial charge is 0.352 e. The molecule has 0 spiro atoms. The Labute approximate surface area is 98.4 Å². The molecule has 2 atom stereocenters. The molecule has 0 aromatic heterocycles. The Bertz CT molecular complexity index is 257. The van der Waals surface area contributed by atoms with E-state index < -0.39 is 0 Å². The Morgan fingerprint density at radius 1 is 1.38 bits per heavy atom. The lowest BCUT2D eigenvalue weighted by Crippen LogP contribution is -2.43. The second-order valence-electron chi connectivity index (χ2n) is 4.60. The third-order valence-corrected chi connectivity index (χ3v) is 3.22. The standard InChI is InChI=1S/C13H22N2O/c1-3-9-14-10-13(16)15-12-8-6-4-5-7-11(12)2/h1,11-12,14H,4-10H2,2H3,(H,15,16). The highest BCUT2D eigenvalue weighted by atomic mass is 16.1. The van der Waals surface area contributed by atoms with E-state index in [-0.39, 0.29) is 5.91 Å². The molecule has 0 aromatic rings. The van der Waals surface area contributed by atoms with Crippen LogP contribution in [0.15, 0.2) is 0 Å². The summed E-state index contributed by atoms with van der Waals surface area (Å²) in [6.07, 6.45) is 11.3. The van der Waals surface area contributed by atoms with Gasteiger partial charge in [-0.1, -0.05) is 32.1 Å². The van der Waals surface area contributed by atoms with Crippen molar-refractivity contribution < 1.29 is 4.79 Å². The van der Waals surface area contributed by atoms with Crippen LogP contribution in [0.25, 0.3) is 0 Å². The SMILES string of the molecule is C#CCNCC(=O)NC1CCCCCC1C. The Morgan fingerprint density at radius 2 is 2.12 bits per heavy atom. The molecule has 0 heterocycles. The van der Waals surface area contributed by atoms with Crippen molar-refractivity contribution in [2.45, 2.75) is 45.1 Å². The Balaban J connectivity index is 2.28. The molecule has 0 aliphatic heterocycles. The Hall–Kier alpha value is -1.01. The van der Waals surface area contributed by atoms with Gasteiger partial charge in [0.15, 0.2) is 0 Å². The second kappa shape index (κ2) is 7.29. The van der Waals surface area contributed by atoms with Crippen molar-refractivity contribution in [3.8, 4) is 12.3 Å². The maximum atomic E-state index is 11.6. The molecule has 1 amide bonds. The second-order valence-corrected chi connectivity index (χ2v) is 4.60. The molecule has 1 saturated carbocycles. The quantitative estimate of drug-likeness (QED) is 0.427. The molecule has 0 bridgehead atoms. The number of carbonyl (C=O) groups is 1. The average Bonchev–Trinajstić information content (AvgIpc) is 2.45. The zero-order valence-corrected chi connectivity index (χ0v) is 10.1. The van der Waals surface area contributed by atoms with Gasteiger partial charge in [-0.3, -0.25) is 10.1 Å². The van der Waals surface area contributed by atoms with Crippen LogP contribution in [0.4, 0.5) is 0 Å². The monoisotopic (exact) mass is 222 g/mol. The van der Waals surface area contributed by atoms with Crippen molar-refractivity contribution in [1.29, 1.82) is 0 Å². The number of rotatable bonds is 4. The molecule has 2 unspecified atom stereocenters. The van der Waals surface area contributed by atoms with Crippen molar-refractivity contribution >= 4 is 5.91 Å². The minimum Gasteiger partial charge on any atom is -0.352 e. The van der Waals surface area contributed by atoms with E-state index in [2.05, 4.69) is 23.5 Å². The van der Waals surface area contributed by atoms with Gasteiger partial charge in [0.1, 0.15) is 0 Å². The van der Waals surface area contributed by atoms with Gasteiger partial charge in [-0.05, 0) is 18.8 Å². The van der Waals surface area contributed by atoms with Gasteiger partial charge in [0, 0.05) is 6.04 Å². The van der Waals surface area contributed by atoms with E-state index in [1.165, 1.54) is 25.7 Å². The van der Waals surface area contributed by atoms with Gasteiger partial charge in [0.25, 0.3) is 0 Å². The summed E-state index contributed by atoms with van der Waals surface area (Å²) in [5, 5.41) is 6.00. The number of hydrogen-bond acceptors (Lipinski definition) is 2. The summed E-state index contributed by atoms with van der Waals surface area (Å²) in [6.45, 7) is 3.01. The number of nitrogens with one attached hydrogen (secondary N) is 2. The van der Waals surface area contributed by atoms with E-state index in [0.717, 1.165) is 6.42 Å². The van der Waals surface area contributed by atoms with Crippen molar-refractivity contribution in [3.63, 3.8) is 0 Å². The maximum absolute atomic E-state index is 11.6. The lowest BCUT2D eigenvalue weighted by atomic mass is 9.97. The van der Waals surface area contributed by atoms with Crippen molar-refractivity contribution in [2.75, 3.05) is 13.1 Å². The van der Waals surface area contributed by atoms with Crippen LogP contribution in [-0.4, -0.2) is 25.0 Å². The van der Waals surface area contributed by atoms with E-state index in [1.54, 1.807) is 0 Å². The smallest absolute Gasteiger partial charge is 0.234 e. The van der Waals surface area contributed by atoms with Gasteiger partial charge >= 0.3 is 0 Å². The van der Waals surface area contributed by atoms with Gasteiger partial charge in [-0.15, -0.1) is 6.42 Å². The van der Waals surface area contributed by atoms with Crippen LogP contribution in [0.5, 0.6) is 0 Å². The van der Waals surface area contributed by atoms with Gasteiger partial charge < -0.3 is 5.32 Å². The molecule has 0 aromatic carbocycles. The average molecular weight is 222 g/mol. The Kier molecular flexibility index (Phi) is 5.95. The van der Waals surface area contributed by atoms with Crippen molar-refractivity contribution in [1.82, 2.24) is 10.6 Å². The van der Waals surface area contributed by atoms with Gasteiger partial charge in [-0.2, -0.15) is 0 Å². The molecule has 0 saturated heterocycles. The van der Waals surface area contributed by atoms with Crippen molar-refractivity contribution in [3.05, 3.63) is 0 Å². The van der Waals surface area contributed by atoms with Gasteiger partial charge in [0.05, 0.1) is 13.1 Å². The molecule has 16 heavy (non-hydrogen) atoms. The fraction of sp³-hybridized carbons (Fsp3) is 0.769. The predicted molar refractivity (Wildman–Crippen MR) is 65.9 cm³/mol. The fourth-order valence-electron chi connectivity index (χ4n) is 2.21. The Morgan fingerprint density at radius 3 is 2.88 bits per heavy atom. The van der Waals surface area contributed by atoms with Crippen LogP contribution in [0.3, 0.4) is 0 Å². The van der Waals surface area contributed by atoms with Crippen LogP contribution in [-0.2, 0) is 4.79 Å². The molecule has 0 radical (unpaired) electrons. The minimum atomic E-state index is 0.0639. The zero-order chi connectivity index (χ0) is 11.8. The van der Waals surface area contributed by atoms with Gasteiger partial charge in [-0.25, -0.2) is 0 Å². The summed E-state index contributed by atoms with van der Waals surface area (Å²) in [6, 6.07) is 0.350. The van der Waals surface area contributed by atoms with Crippen LogP contribution < -0.4 is 10.6 Å². The minimum absolute atomic E-state index is 0.0639. The molecule has 2 N–H and O–H groups in total. The summed E-state index contributed by atoms with van der Waals surface area (Å²) in [5.41, 5.74) is 0. The maximum Gasteiger partial charge on any atom is 0.234 e. The van der Waals surface area contributed by atoms with Crippen LogP contribution >= 0.6 is 0 Å². The van der Waals surface area contributed by atoms with E-state index >= 15 is 0 Å². The molecule has 90 valence electrons. The predicted octanol–water partition coefficient (Wildman–Crippen LogP) is 1.29. The van der Waals surface area contributed by atoms with Crippen molar-refractivity contribution in [2.24, 2.45) is 5.92 Å². The summed E-state index contributed by atoms with van der Waals surface area (Å²) in [5.74, 6) is 3.11. The summed E-state index contributed by atoms with van der Waals surface area (Å²) < 4.78 is 0. The lowest BCUT2D eigenvalue weighted by molar-refractivity contribution is -0.121. The number of hydrogen-bond donors (Lipinski definition) is 2. The van der Waals surface area contributed by atoms with E-state index in [9.17, 15) is 4.79 Å². The highest BCUT2D eigenvalue weighted by Crippen LogP contribution is 2.22. The first-order valence-electron chi connectivity index (χ1n) is 6.17. The highest BCUT2D eigenvalue weighted by molar-refractivity contribution is 5.78. The molecular weight excluding hydrogens is 200 g/mol. The fourth-order valence-corrected chi connectivity index (χ4v) is 2.21. The normalized spacial score (nSPS) is 25.5. The van der Waals surface area contributed by atoms with Crippen LogP contribution in [0.2, 0.25) is 0 Å². The first-order chi connectivity index (χ1) is 7.74. The number of amides is 1. The highest BCUT2D eigenvalue weighted by Gasteiger charge is 2.20. The third-order valence-electron chi connectivity index (χ3n) is 3.22. The van der Waals surface area contributed by atoms with Gasteiger partial charge in [0.2, 0.25) is 5.91 Å². The van der Waals surface area contributed by atoms with E-state index in [1.807, 2.05) is 0 Å².